The second kappa shape index (κ2) is 6.86. The molecule has 0 aliphatic heterocycles. The average Bonchev–Trinajstić information content (AvgIpc) is 2.28. The molecule has 2 aliphatic rings. The fraction of sp³-hybridized carbons (Fsp3) is 1.00. The molecular weight excluding hydrogens is 264 g/mol. The normalized spacial score (nSPS) is 36.8. The van der Waals surface area contributed by atoms with Crippen molar-refractivity contribution in [1.29, 1.82) is 0 Å². The van der Waals surface area contributed by atoms with Crippen LogP contribution in [-0.2, 0) is 0 Å². The summed E-state index contributed by atoms with van der Waals surface area (Å²) in [5.74, 6) is 4.90. The molecule has 0 aromatic rings. The molecule has 2 fully saturated rings. The van der Waals surface area contributed by atoms with E-state index in [9.17, 15) is 0 Å². The predicted octanol–water partition coefficient (Wildman–Crippen LogP) is 7.33. The minimum Gasteiger partial charge on any atom is -0.0625 e. The summed E-state index contributed by atoms with van der Waals surface area (Å²) in [6.07, 6.45) is 11.7. The quantitative estimate of drug-likeness (QED) is 0.440. The molecule has 0 nitrogen and oxygen atoms in total. The summed E-state index contributed by atoms with van der Waals surface area (Å²) in [6, 6.07) is 0. The van der Waals surface area contributed by atoms with Crippen molar-refractivity contribution >= 4 is 0 Å². The maximum Gasteiger partial charge on any atom is -0.0316 e. The predicted molar refractivity (Wildman–Crippen MR) is 99.0 cm³/mol. The maximum absolute atomic E-state index is 2.53. The Morgan fingerprint density at radius 1 is 1.05 bits per heavy atom. The van der Waals surface area contributed by atoms with E-state index in [-0.39, 0.29) is 0 Å². The van der Waals surface area contributed by atoms with Crippen molar-refractivity contribution in [3.63, 3.8) is 0 Å². The van der Waals surface area contributed by atoms with Gasteiger partial charge >= 0.3 is 0 Å². The summed E-state index contributed by atoms with van der Waals surface area (Å²) in [6.45, 7) is 17.3. The molecule has 0 bridgehead atoms. The molecule has 2 saturated carbocycles. The third-order valence-electron chi connectivity index (χ3n) is 6.85. The Hall–Kier alpha value is 0. The number of hydrogen-bond donors (Lipinski definition) is 0. The zero-order valence-electron chi connectivity index (χ0n) is 16.5. The first-order valence-electron chi connectivity index (χ1n) is 10.1. The lowest BCUT2D eigenvalue weighted by Crippen LogP contribution is -2.37. The zero-order chi connectivity index (χ0) is 16.5. The SMILES string of the molecule is CC1CC(C(CCCC(C)(C)CC2(C)CC(C)C2)C(C)C)C1. The molecule has 0 aromatic carbocycles. The molecular formula is C22H42. The van der Waals surface area contributed by atoms with E-state index in [1.54, 1.807) is 0 Å². The summed E-state index contributed by atoms with van der Waals surface area (Å²) in [5, 5.41) is 0. The van der Waals surface area contributed by atoms with Gasteiger partial charge in [-0.15, -0.1) is 0 Å². The van der Waals surface area contributed by atoms with Crippen LogP contribution in [0.2, 0.25) is 0 Å². The van der Waals surface area contributed by atoms with Gasteiger partial charge in [-0.05, 0) is 85.4 Å². The smallest absolute Gasteiger partial charge is 0.0316 e. The van der Waals surface area contributed by atoms with E-state index >= 15 is 0 Å². The first-order valence-corrected chi connectivity index (χ1v) is 10.1. The molecule has 2 aliphatic carbocycles. The molecule has 1 unspecified atom stereocenters. The van der Waals surface area contributed by atoms with E-state index in [0.717, 1.165) is 29.6 Å². The standard InChI is InChI=1S/C22H42/c1-16(2)20(19-11-17(3)12-19)9-8-10-21(5,6)15-22(7)13-18(4)14-22/h16-20H,8-15H2,1-7H3. The molecule has 22 heavy (non-hydrogen) atoms. The summed E-state index contributed by atoms with van der Waals surface area (Å²) < 4.78 is 0. The van der Waals surface area contributed by atoms with Gasteiger partial charge in [0.2, 0.25) is 0 Å². The highest BCUT2D eigenvalue weighted by Crippen LogP contribution is 2.53. The Kier molecular flexibility index (Phi) is 5.72. The van der Waals surface area contributed by atoms with Gasteiger partial charge in [-0.1, -0.05) is 54.9 Å². The van der Waals surface area contributed by atoms with Crippen molar-refractivity contribution in [3.05, 3.63) is 0 Å². The van der Waals surface area contributed by atoms with Crippen molar-refractivity contribution in [3.8, 4) is 0 Å². The van der Waals surface area contributed by atoms with Crippen LogP contribution in [-0.4, -0.2) is 0 Å². The molecule has 0 amide bonds. The Balaban J connectivity index is 1.73. The fourth-order valence-electron chi connectivity index (χ4n) is 6.25. The lowest BCUT2D eigenvalue weighted by molar-refractivity contribution is 0.0283. The van der Waals surface area contributed by atoms with Crippen LogP contribution in [0.4, 0.5) is 0 Å². The van der Waals surface area contributed by atoms with Gasteiger partial charge in [-0.2, -0.15) is 0 Å². The Labute approximate surface area is 140 Å². The molecule has 2 rings (SSSR count). The molecule has 0 N–H and O–H groups in total. The highest BCUT2D eigenvalue weighted by molar-refractivity contribution is 4.92. The first kappa shape index (κ1) is 18.3. The second-order valence-electron chi connectivity index (χ2n) is 10.8. The van der Waals surface area contributed by atoms with Crippen LogP contribution in [0, 0.1) is 40.4 Å². The van der Waals surface area contributed by atoms with Crippen LogP contribution in [0.3, 0.4) is 0 Å². The highest BCUT2D eigenvalue weighted by atomic mass is 14.5. The van der Waals surface area contributed by atoms with Gasteiger partial charge in [0.05, 0.1) is 0 Å². The van der Waals surface area contributed by atoms with E-state index in [1.807, 2.05) is 0 Å². The van der Waals surface area contributed by atoms with Gasteiger partial charge in [0, 0.05) is 0 Å². The lowest BCUT2D eigenvalue weighted by Gasteiger charge is -2.48. The topological polar surface area (TPSA) is 0 Å². The fourth-order valence-corrected chi connectivity index (χ4v) is 6.25. The Morgan fingerprint density at radius 3 is 2.09 bits per heavy atom. The van der Waals surface area contributed by atoms with Crippen molar-refractivity contribution in [1.82, 2.24) is 0 Å². The molecule has 0 saturated heterocycles. The summed E-state index contributed by atoms with van der Waals surface area (Å²) >= 11 is 0. The number of rotatable bonds is 8. The summed E-state index contributed by atoms with van der Waals surface area (Å²) in [4.78, 5) is 0. The van der Waals surface area contributed by atoms with Crippen LogP contribution in [0.15, 0.2) is 0 Å². The Bertz CT molecular complexity index is 339. The van der Waals surface area contributed by atoms with Crippen molar-refractivity contribution < 1.29 is 0 Å². The van der Waals surface area contributed by atoms with Crippen molar-refractivity contribution in [2.75, 3.05) is 0 Å². The number of hydrogen-bond acceptors (Lipinski definition) is 0. The summed E-state index contributed by atoms with van der Waals surface area (Å²) in [7, 11) is 0. The van der Waals surface area contributed by atoms with Gasteiger partial charge in [0.25, 0.3) is 0 Å². The first-order chi connectivity index (χ1) is 10.1. The maximum atomic E-state index is 2.53. The molecule has 0 heterocycles. The van der Waals surface area contributed by atoms with Gasteiger partial charge in [0.15, 0.2) is 0 Å². The van der Waals surface area contributed by atoms with Crippen molar-refractivity contribution in [2.24, 2.45) is 40.4 Å². The van der Waals surface area contributed by atoms with Gasteiger partial charge in [0.1, 0.15) is 0 Å². The monoisotopic (exact) mass is 306 g/mol. The second-order valence-corrected chi connectivity index (χ2v) is 10.8. The van der Waals surface area contributed by atoms with E-state index in [4.69, 9.17) is 0 Å². The van der Waals surface area contributed by atoms with Gasteiger partial charge in [-0.3, -0.25) is 0 Å². The zero-order valence-corrected chi connectivity index (χ0v) is 16.5. The molecule has 1 atom stereocenters. The van der Waals surface area contributed by atoms with Crippen LogP contribution in [0.5, 0.6) is 0 Å². The third-order valence-corrected chi connectivity index (χ3v) is 6.85. The Morgan fingerprint density at radius 2 is 1.64 bits per heavy atom. The van der Waals surface area contributed by atoms with Crippen LogP contribution in [0.1, 0.15) is 99.8 Å². The molecule has 0 radical (unpaired) electrons. The third kappa shape index (κ3) is 4.75. The van der Waals surface area contributed by atoms with E-state index in [1.165, 1.54) is 51.4 Å². The van der Waals surface area contributed by atoms with Crippen LogP contribution in [0.25, 0.3) is 0 Å². The lowest BCUT2D eigenvalue weighted by atomic mass is 9.57. The van der Waals surface area contributed by atoms with Crippen LogP contribution < -0.4 is 0 Å². The van der Waals surface area contributed by atoms with E-state index < -0.39 is 0 Å². The minimum absolute atomic E-state index is 0.545. The van der Waals surface area contributed by atoms with Crippen LogP contribution >= 0.6 is 0 Å². The van der Waals surface area contributed by atoms with Gasteiger partial charge < -0.3 is 0 Å². The molecule has 0 aromatic heterocycles. The molecule has 130 valence electrons. The van der Waals surface area contributed by atoms with Gasteiger partial charge in [-0.25, -0.2) is 0 Å². The molecule has 0 spiro atoms. The van der Waals surface area contributed by atoms with E-state index in [2.05, 4.69) is 48.5 Å². The summed E-state index contributed by atoms with van der Waals surface area (Å²) in [5.41, 5.74) is 1.20. The van der Waals surface area contributed by atoms with E-state index in [0.29, 0.717) is 10.8 Å². The minimum atomic E-state index is 0.545. The molecule has 0 heteroatoms. The largest absolute Gasteiger partial charge is 0.0625 e. The van der Waals surface area contributed by atoms with Crippen molar-refractivity contribution in [2.45, 2.75) is 99.8 Å². The highest BCUT2D eigenvalue weighted by Gasteiger charge is 2.41. The average molecular weight is 307 g/mol.